The Bertz CT molecular complexity index is 985. The third-order valence-corrected chi connectivity index (χ3v) is 3.95. The second-order valence-electron chi connectivity index (χ2n) is 6.20. The van der Waals surface area contributed by atoms with E-state index in [1.54, 1.807) is 30.3 Å². The van der Waals surface area contributed by atoms with Gasteiger partial charge in [-0.3, -0.25) is 9.59 Å². The Hall–Kier alpha value is -3.54. The number of hydrogen-bond acceptors (Lipinski definition) is 5. The summed E-state index contributed by atoms with van der Waals surface area (Å²) in [5, 5.41) is 5.88. The van der Waals surface area contributed by atoms with Crippen LogP contribution >= 0.6 is 0 Å². The summed E-state index contributed by atoms with van der Waals surface area (Å²) in [5.74, 6) is -0.0471. The summed E-state index contributed by atoms with van der Waals surface area (Å²) in [6, 6.07) is 16.4. The predicted octanol–water partition coefficient (Wildman–Crippen LogP) is 3.85. The van der Waals surface area contributed by atoms with E-state index in [9.17, 15) is 9.59 Å². The lowest BCUT2D eigenvalue weighted by atomic mass is 10.1. The monoisotopic (exact) mass is 360 g/mol. The fourth-order valence-electron chi connectivity index (χ4n) is 2.58. The van der Waals surface area contributed by atoms with Crippen LogP contribution in [-0.2, 0) is 6.54 Å². The number of nitrogens with one attached hydrogen (secondary N) is 2. The molecule has 0 unspecified atom stereocenters. The number of rotatable bonds is 6. The minimum absolute atomic E-state index is 0.0595. The number of benzene rings is 2. The molecule has 3 aromatic rings. The van der Waals surface area contributed by atoms with Crippen molar-refractivity contribution in [2.24, 2.45) is 0 Å². The van der Waals surface area contributed by atoms with Crippen molar-refractivity contribution >= 4 is 23.3 Å². The Morgan fingerprint density at radius 2 is 1.85 bits per heavy atom. The molecule has 27 heavy (non-hydrogen) atoms. The van der Waals surface area contributed by atoms with Crippen molar-refractivity contribution in [3.63, 3.8) is 0 Å². The molecule has 0 radical (unpaired) electrons. The zero-order valence-corrected chi connectivity index (χ0v) is 15.2. The van der Waals surface area contributed by atoms with Crippen LogP contribution in [0.15, 0.2) is 60.8 Å². The smallest absolute Gasteiger partial charge is 0.274 e. The Morgan fingerprint density at radius 3 is 2.63 bits per heavy atom. The Labute approximate surface area is 157 Å². The van der Waals surface area contributed by atoms with Crippen LogP contribution in [0.1, 0.15) is 38.9 Å². The summed E-state index contributed by atoms with van der Waals surface area (Å²) >= 11 is 0. The largest absolute Gasteiger partial charge is 0.350 e. The number of ketones is 1. The molecule has 6 nitrogen and oxygen atoms in total. The summed E-state index contributed by atoms with van der Waals surface area (Å²) in [6.07, 6.45) is 1.53. The Balaban J connectivity index is 1.68. The molecule has 0 aliphatic carbocycles. The zero-order chi connectivity index (χ0) is 19.2. The van der Waals surface area contributed by atoms with Gasteiger partial charge in [-0.2, -0.15) is 0 Å². The van der Waals surface area contributed by atoms with E-state index in [0.29, 0.717) is 23.7 Å². The summed E-state index contributed by atoms with van der Waals surface area (Å²) in [5.41, 5.74) is 3.60. The number of nitrogens with zero attached hydrogens (tertiary/aromatic N) is 2. The highest BCUT2D eigenvalue weighted by atomic mass is 16.2. The van der Waals surface area contributed by atoms with Crippen molar-refractivity contribution in [1.82, 2.24) is 9.97 Å². The highest BCUT2D eigenvalue weighted by molar-refractivity contribution is 6.04. The van der Waals surface area contributed by atoms with Crippen molar-refractivity contribution < 1.29 is 9.59 Å². The quantitative estimate of drug-likeness (QED) is 0.652. The Kier molecular flexibility index (Phi) is 5.56. The molecule has 0 bridgehead atoms. The van der Waals surface area contributed by atoms with E-state index >= 15 is 0 Å². The molecule has 1 aromatic heterocycles. The zero-order valence-electron chi connectivity index (χ0n) is 15.2. The lowest BCUT2D eigenvalue weighted by Gasteiger charge is -2.08. The van der Waals surface area contributed by atoms with Crippen LogP contribution in [0.5, 0.6) is 0 Å². The van der Waals surface area contributed by atoms with E-state index in [4.69, 9.17) is 0 Å². The fourth-order valence-corrected chi connectivity index (χ4v) is 2.58. The van der Waals surface area contributed by atoms with Gasteiger partial charge in [0.25, 0.3) is 5.91 Å². The number of carbonyl (C=O) groups excluding carboxylic acids is 2. The minimum Gasteiger partial charge on any atom is -0.350 e. The lowest BCUT2D eigenvalue weighted by Crippen LogP contribution is -2.15. The molecule has 0 saturated carbocycles. The van der Waals surface area contributed by atoms with Crippen molar-refractivity contribution in [3.05, 3.63) is 83.2 Å². The first kappa shape index (κ1) is 18.3. The minimum atomic E-state index is -0.364. The highest BCUT2D eigenvalue weighted by Gasteiger charge is 2.10. The lowest BCUT2D eigenvalue weighted by molar-refractivity contribution is 0.100. The van der Waals surface area contributed by atoms with Crippen LogP contribution in [0, 0.1) is 6.92 Å². The number of aryl methyl sites for hydroxylation is 1. The summed E-state index contributed by atoms with van der Waals surface area (Å²) in [6.45, 7) is 4.08. The normalized spacial score (nSPS) is 10.3. The second kappa shape index (κ2) is 8.23. The average Bonchev–Trinajstić information content (AvgIpc) is 2.67. The number of anilines is 2. The topological polar surface area (TPSA) is 84.0 Å². The SMILES string of the molecule is CC(=O)c1cccc(NC(=O)c2ccnc(NCc3cccc(C)c3)n2)c1. The summed E-state index contributed by atoms with van der Waals surface area (Å²) in [4.78, 5) is 32.3. The molecule has 1 amide bonds. The first-order valence-corrected chi connectivity index (χ1v) is 8.56. The first-order chi connectivity index (χ1) is 13.0. The van der Waals surface area contributed by atoms with Crippen LogP contribution in [0.4, 0.5) is 11.6 Å². The molecule has 0 atom stereocenters. The van der Waals surface area contributed by atoms with E-state index < -0.39 is 0 Å². The molecule has 2 aromatic carbocycles. The molecule has 1 heterocycles. The number of Topliss-reactive ketones (excluding diaryl/α,β-unsaturated/α-hetero) is 1. The molecule has 3 rings (SSSR count). The number of amides is 1. The van der Waals surface area contributed by atoms with E-state index in [1.165, 1.54) is 18.7 Å². The van der Waals surface area contributed by atoms with E-state index in [1.807, 2.05) is 25.1 Å². The van der Waals surface area contributed by atoms with Gasteiger partial charge in [-0.1, -0.05) is 42.0 Å². The summed E-state index contributed by atoms with van der Waals surface area (Å²) < 4.78 is 0. The second-order valence-corrected chi connectivity index (χ2v) is 6.20. The van der Waals surface area contributed by atoms with Crippen LogP contribution in [0.25, 0.3) is 0 Å². The maximum atomic E-state index is 12.5. The molecule has 6 heteroatoms. The Morgan fingerprint density at radius 1 is 1.04 bits per heavy atom. The number of carbonyl (C=O) groups is 2. The van der Waals surface area contributed by atoms with Crippen LogP contribution in [0.2, 0.25) is 0 Å². The standard InChI is InChI=1S/C21H20N4O2/c1-14-5-3-6-16(11-14)13-23-21-22-10-9-19(25-21)20(27)24-18-8-4-7-17(12-18)15(2)26/h3-12H,13H2,1-2H3,(H,24,27)(H,22,23,25). The van der Waals surface area contributed by atoms with Crippen molar-refractivity contribution in [3.8, 4) is 0 Å². The van der Waals surface area contributed by atoms with E-state index in [0.717, 1.165) is 5.56 Å². The molecule has 0 spiro atoms. The average molecular weight is 360 g/mol. The predicted molar refractivity (Wildman–Crippen MR) is 105 cm³/mol. The van der Waals surface area contributed by atoms with E-state index in [-0.39, 0.29) is 17.4 Å². The molecule has 0 fully saturated rings. The van der Waals surface area contributed by atoms with Crippen LogP contribution in [0.3, 0.4) is 0 Å². The fraction of sp³-hybridized carbons (Fsp3) is 0.143. The van der Waals surface area contributed by atoms with E-state index in [2.05, 4.69) is 26.7 Å². The third-order valence-electron chi connectivity index (χ3n) is 3.95. The van der Waals surface area contributed by atoms with Gasteiger partial charge >= 0.3 is 0 Å². The maximum Gasteiger partial charge on any atom is 0.274 e. The van der Waals surface area contributed by atoms with Crippen molar-refractivity contribution in [2.75, 3.05) is 10.6 Å². The van der Waals surface area contributed by atoms with Gasteiger partial charge in [0.1, 0.15) is 5.69 Å². The van der Waals surface area contributed by atoms with Gasteiger partial charge in [0.2, 0.25) is 5.95 Å². The maximum absolute atomic E-state index is 12.5. The molecule has 0 aliphatic rings. The van der Waals surface area contributed by atoms with Crippen molar-refractivity contribution in [2.45, 2.75) is 20.4 Å². The third kappa shape index (κ3) is 4.98. The van der Waals surface area contributed by atoms with Crippen molar-refractivity contribution in [1.29, 1.82) is 0 Å². The van der Waals surface area contributed by atoms with Gasteiger partial charge < -0.3 is 10.6 Å². The van der Waals surface area contributed by atoms with Gasteiger partial charge in [0.05, 0.1) is 0 Å². The van der Waals surface area contributed by atoms with Gasteiger partial charge in [-0.25, -0.2) is 9.97 Å². The first-order valence-electron chi connectivity index (χ1n) is 8.56. The molecular formula is C21H20N4O2. The van der Waals surface area contributed by atoms with Crippen LogP contribution < -0.4 is 10.6 Å². The summed E-state index contributed by atoms with van der Waals surface area (Å²) in [7, 11) is 0. The van der Waals surface area contributed by atoms with Gasteiger partial charge in [-0.15, -0.1) is 0 Å². The molecule has 0 aliphatic heterocycles. The number of aromatic nitrogens is 2. The molecule has 136 valence electrons. The van der Waals surface area contributed by atoms with Gasteiger partial charge in [0, 0.05) is 24.0 Å². The van der Waals surface area contributed by atoms with Gasteiger partial charge in [0.15, 0.2) is 5.78 Å². The molecule has 0 saturated heterocycles. The molecule has 2 N–H and O–H groups in total. The highest BCUT2D eigenvalue weighted by Crippen LogP contribution is 2.13. The van der Waals surface area contributed by atoms with Crippen LogP contribution in [-0.4, -0.2) is 21.7 Å². The van der Waals surface area contributed by atoms with Gasteiger partial charge in [-0.05, 0) is 37.6 Å². The number of hydrogen-bond donors (Lipinski definition) is 2. The molecular weight excluding hydrogens is 340 g/mol.